The van der Waals surface area contributed by atoms with Crippen molar-refractivity contribution in [2.75, 3.05) is 24.8 Å². The molecule has 0 amide bonds. The Hall–Kier alpha value is -4.25. The van der Waals surface area contributed by atoms with Gasteiger partial charge in [0.25, 0.3) is 8.32 Å². The Morgan fingerprint density at radius 3 is 2.19 bits per heavy atom. The molecule has 5 aromatic rings. The van der Waals surface area contributed by atoms with E-state index >= 15 is 0 Å². The summed E-state index contributed by atoms with van der Waals surface area (Å²) in [5.74, 6) is 1.54. The number of hydrogen-bond donors (Lipinski definition) is 3. The fourth-order valence-electron chi connectivity index (χ4n) is 6.59. The topological polar surface area (TPSA) is 120 Å². The highest BCUT2D eigenvalue weighted by molar-refractivity contribution is 6.99. The van der Waals surface area contributed by atoms with Crippen molar-refractivity contribution in [1.29, 1.82) is 0 Å². The zero-order valence-electron chi connectivity index (χ0n) is 28.5. The van der Waals surface area contributed by atoms with Gasteiger partial charge in [0.2, 0.25) is 5.95 Å². The van der Waals surface area contributed by atoms with E-state index in [-0.39, 0.29) is 23.6 Å². The summed E-state index contributed by atoms with van der Waals surface area (Å²) in [4.78, 5) is 9.27. The Kier molecular flexibility index (Phi) is 10.6. The van der Waals surface area contributed by atoms with Crippen LogP contribution in [0.15, 0.2) is 78.9 Å². The van der Waals surface area contributed by atoms with E-state index in [0.717, 1.165) is 41.6 Å². The highest BCUT2D eigenvalue weighted by Crippen LogP contribution is 2.37. The molecule has 9 nitrogen and oxygen atoms in total. The van der Waals surface area contributed by atoms with Crippen LogP contribution >= 0.6 is 0 Å². The van der Waals surface area contributed by atoms with Crippen molar-refractivity contribution in [3.8, 4) is 5.75 Å². The molecule has 4 N–H and O–H groups in total. The van der Waals surface area contributed by atoms with Gasteiger partial charge in [-0.1, -0.05) is 107 Å². The van der Waals surface area contributed by atoms with Gasteiger partial charge < -0.3 is 25.3 Å². The third-order valence-electron chi connectivity index (χ3n) is 8.81. The maximum Gasteiger partial charge on any atom is 0.261 e. The van der Waals surface area contributed by atoms with Crippen molar-refractivity contribution >= 4 is 41.5 Å². The van der Waals surface area contributed by atoms with Crippen LogP contribution in [0.25, 0.3) is 11.0 Å². The SMILES string of the molecule is CCCC(CCO[Si](c1ccccc1)(c1ccccc1)C(C)(C)C)Nc1nc(N)nc2c(C)nn(Cc3ccc(CO)cc3OC)c12. The van der Waals surface area contributed by atoms with Crippen molar-refractivity contribution in [3.05, 3.63) is 95.7 Å². The number of hydrogen-bond acceptors (Lipinski definition) is 8. The van der Waals surface area contributed by atoms with Crippen molar-refractivity contribution < 1.29 is 14.3 Å². The number of fused-ring (bicyclic) bond motifs is 1. The maximum atomic E-state index is 9.62. The average Bonchev–Trinajstić information content (AvgIpc) is 3.37. The first-order valence-corrected chi connectivity index (χ1v) is 18.3. The minimum Gasteiger partial charge on any atom is -0.496 e. The minimum absolute atomic E-state index is 0.0553. The van der Waals surface area contributed by atoms with Crippen LogP contribution in [0.2, 0.25) is 5.04 Å². The van der Waals surface area contributed by atoms with Gasteiger partial charge in [0.05, 0.1) is 26.0 Å². The standard InChI is InChI=1S/C37H48N6O3Si/c1-7-14-29(21-22-46-47(37(3,4)5,30-15-10-8-11-16-30)31-17-12-9-13-18-31)39-35-34-33(40-36(38)41-35)26(2)42-43(34)24-28-20-19-27(25-44)23-32(28)45-6/h8-13,15-20,23,29,44H,7,14,21-22,24-25H2,1-6H3,(H3,38,39,40,41). The number of aliphatic hydroxyl groups excluding tert-OH is 1. The number of aromatic nitrogens is 4. The summed E-state index contributed by atoms with van der Waals surface area (Å²) in [6.07, 6.45) is 2.71. The molecule has 0 saturated carbocycles. The molecular weight excluding hydrogens is 605 g/mol. The molecule has 0 spiro atoms. The van der Waals surface area contributed by atoms with Crippen molar-refractivity contribution in [2.45, 2.75) is 78.1 Å². The molecule has 0 radical (unpaired) electrons. The summed E-state index contributed by atoms with van der Waals surface area (Å²) < 4.78 is 14.8. The van der Waals surface area contributed by atoms with Gasteiger partial charge in [-0.2, -0.15) is 10.1 Å². The predicted octanol–water partition coefficient (Wildman–Crippen LogP) is 5.81. The number of methoxy groups -OCH3 is 1. The summed E-state index contributed by atoms with van der Waals surface area (Å²) in [7, 11) is -1.03. The zero-order chi connectivity index (χ0) is 33.6. The summed E-state index contributed by atoms with van der Waals surface area (Å²) >= 11 is 0. The lowest BCUT2D eigenvalue weighted by Crippen LogP contribution is -2.66. The van der Waals surface area contributed by atoms with Gasteiger partial charge >= 0.3 is 0 Å². The Bertz CT molecular complexity index is 1730. The van der Waals surface area contributed by atoms with Gasteiger partial charge in [-0.15, -0.1) is 0 Å². The molecule has 0 aliphatic rings. The number of benzene rings is 3. The van der Waals surface area contributed by atoms with E-state index in [4.69, 9.17) is 25.0 Å². The first-order chi connectivity index (χ1) is 22.6. The van der Waals surface area contributed by atoms with E-state index in [1.165, 1.54) is 10.4 Å². The summed E-state index contributed by atoms with van der Waals surface area (Å²) in [5.41, 5.74) is 10.2. The molecule has 0 saturated heterocycles. The van der Waals surface area contributed by atoms with Gasteiger partial charge in [0.15, 0.2) is 5.82 Å². The van der Waals surface area contributed by atoms with Crippen LogP contribution in [-0.4, -0.2) is 52.9 Å². The second-order valence-corrected chi connectivity index (χ2v) is 17.4. The molecule has 0 aliphatic heterocycles. The molecule has 1 atom stereocenters. The van der Waals surface area contributed by atoms with E-state index < -0.39 is 8.32 Å². The molecular formula is C37H48N6O3Si. The van der Waals surface area contributed by atoms with Crippen LogP contribution in [0.5, 0.6) is 5.75 Å². The van der Waals surface area contributed by atoms with Gasteiger partial charge in [-0.25, -0.2) is 4.98 Å². The van der Waals surface area contributed by atoms with E-state index in [2.05, 4.69) is 98.7 Å². The number of nitrogen functional groups attached to an aromatic ring is 1. The molecule has 2 aromatic heterocycles. The summed E-state index contributed by atoms with van der Waals surface area (Å²) in [5, 5.41) is 20.6. The second-order valence-electron chi connectivity index (χ2n) is 13.1. The number of nitrogens with two attached hydrogens (primary N) is 1. The van der Waals surface area contributed by atoms with Crippen LogP contribution in [0.3, 0.4) is 0 Å². The fraction of sp³-hybridized carbons (Fsp3) is 0.378. The molecule has 10 heteroatoms. The largest absolute Gasteiger partial charge is 0.496 e. The first kappa shape index (κ1) is 34.1. The van der Waals surface area contributed by atoms with Gasteiger partial charge in [-0.3, -0.25) is 4.68 Å². The highest BCUT2D eigenvalue weighted by Gasteiger charge is 2.50. The van der Waals surface area contributed by atoms with Gasteiger partial charge in [0.1, 0.15) is 16.8 Å². The Morgan fingerprint density at radius 1 is 0.957 bits per heavy atom. The van der Waals surface area contributed by atoms with Crippen LogP contribution in [-0.2, 0) is 17.6 Å². The van der Waals surface area contributed by atoms with Crippen molar-refractivity contribution in [2.24, 2.45) is 0 Å². The third-order valence-corrected chi connectivity index (χ3v) is 13.8. The summed E-state index contributed by atoms with van der Waals surface area (Å²) in [6, 6.07) is 27.3. The average molecular weight is 653 g/mol. The fourth-order valence-corrected chi connectivity index (χ4v) is 11.2. The number of ether oxygens (including phenoxy) is 1. The first-order valence-electron chi connectivity index (χ1n) is 16.4. The number of nitrogens with one attached hydrogen (secondary N) is 1. The molecule has 1 unspecified atom stereocenters. The lowest BCUT2D eigenvalue weighted by Gasteiger charge is -2.43. The van der Waals surface area contributed by atoms with E-state index in [9.17, 15) is 5.11 Å². The van der Waals surface area contributed by atoms with Crippen LogP contribution < -0.4 is 26.2 Å². The van der Waals surface area contributed by atoms with Crippen molar-refractivity contribution in [1.82, 2.24) is 19.7 Å². The molecule has 2 heterocycles. The Morgan fingerprint density at radius 2 is 1.62 bits per heavy atom. The summed E-state index contributed by atoms with van der Waals surface area (Å²) in [6.45, 7) is 12.0. The van der Waals surface area contributed by atoms with E-state index in [1.807, 2.05) is 29.8 Å². The Labute approximate surface area is 279 Å². The highest BCUT2D eigenvalue weighted by atomic mass is 28.4. The van der Waals surface area contributed by atoms with E-state index in [0.29, 0.717) is 30.2 Å². The minimum atomic E-state index is -2.66. The number of aryl methyl sites for hydroxylation is 1. The van der Waals surface area contributed by atoms with Gasteiger partial charge in [-0.05, 0) is 46.8 Å². The second kappa shape index (κ2) is 14.7. The number of aliphatic hydroxyl groups is 1. The number of anilines is 2. The lowest BCUT2D eigenvalue weighted by atomic mass is 10.1. The predicted molar refractivity (Wildman–Crippen MR) is 193 cm³/mol. The smallest absolute Gasteiger partial charge is 0.261 e. The zero-order valence-corrected chi connectivity index (χ0v) is 29.5. The quantitative estimate of drug-likeness (QED) is 0.129. The van der Waals surface area contributed by atoms with Crippen LogP contribution in [0.1, 0.15) is 63.8 Å². The van der Waals surface area contributed by atoms with E-state index in [1.54, 1.807) is 7.11 Å². The van der Waals surface area contributed by atoms with Crippen LogP contribution in [0, 0.1) is 6.92 Å². The normalized spacial score (nSPS) is 12.7. The third kappa shape index (κ3) is 7.19. The molecule has 0 aliphatic carbocycles. The molecule has 0 fully saturated rings. The molecule has 5 rings (SSSR count). The molecule has 3 aromatic carbocycles. The monoisotopic (exact) mass is 652 g/mol. The molecule has 248 valence electrons. The van der Waals surface area contributed by atoms with Gasteiger partial charge in [0, 0.05) is 18.2 Å². The number of nitrogens with zero attached hydrogens (tertiary/aromatic N) is 4. The van der Waals surface area contributed by atoms with Crippen molar-refractivity contribution in [3.63, 3.8) is 0 Å². The maximum absolute atomic E-state index is 9.62. The Balaban J connectivity index is 1.46. The molecule has 0 bridgehead atoms. The lowest BCUT2D eigenvalue weighted by molar-refractivity contribution is 0.281. The van der Waals surface area contributed by atoms with Crippen LogP contribution in [0.4, 0.5) is 11.8 Å². The number of rotatable bonds is 14. The molecule has 47 heavy (non-hydrogen) atoms.